The van der Waals surface area contributed by atoms with Gasteiger partial charge in [0.1, 0.15) is 7.11 Å². The number of benzene rings is 1. The maximum Gasteiger partial charge on any atom is 0.290 e. The summed E-state index contributed by atoms with van der Waals surface area (Å²) in [6.45, 7) is 0. The van der Waals surface area contributed by atoms with Crippen LogP contribution in [0.3, 0.4) is 0 Å². The first-order chi connectivity index (χ1) is 6.14. The first-order valence-electron chi connectivity index (χ1n) is 3.50. The van der Waals surface area contributed by atoms with Crippen LogP contribution < -0.4 is 0 Å². The minimum Gasteiger partial charge on any atom is -0.258 e. The monoisotopic (exact) mass is 196 g/mol. The summed E-state index contributed by atoms with van der Waals surface area (Å²) in [5.41, 5.74) is 0.767. The van der Waals surface area contributed by atoms with Gasteiger partial charge in [-0.3, -0.25) is 4.18 Å². The topological polar surface area (TPSA) is 43.4 Å². The van der Waals surface area contributed by atoms with Crippen molar-refractivity contribution in [3.8, 4) is 0 Å². The molecule has 0 fully saturated rings. The normalized spacial score (nSPS) is 12.1. The van der Waals surface area contributed by atoms with Gasteiger partial charge in [0.15, 0.2) is 0 Å². The minimum atomic E-state index is -3.72. The minimum absolute atomic E-state index is 0.767. The fraction of sp³-hybridized carbons (Fsp3) is 0. The molecule has 0 saturated heterocycles. The SMILES string of the molecule is [CH]OS(=O)(=O)/C=C/c1ccccc1. The molecule has 13 heavy (non-hydrogen) atoms. The fourth-order valence-corrected chi connectivity index (χ4v) is 1.15. The van der Waals surface area contributed by atoms with E-state index < -0.39 is 10.1 Å². The van der Waals surface area contributed by atoms with Crippen LogP contribution in [0, 0.1) is 7.11 Å². The lowest BCUT2D eigenvalue weighted by Crippen LogP contribution is -1.93. The Balaban J connectivity index is 2.82. The van der Waals surface area contributed by atoms with Crippen molar-refractivity contribution in [3.05, 3.63) is 48.4 Å². The Morgan fingerprint density at radius 1 is 1.23 bits per heavy atom. The highest BCUT2D eigenvalue weighted by molar-refractivity contribution is 7.89. The van der Waals surface area contributed by atoms with Crippen LogP contribution in [0.4, 0.5) is 0 Å². The molecule has 1 aromatic carbocycles. The van der Waals surface area contributed by atoms with Crippen molar-refractivity contribution in [2.75, 3.05) is 0 Å². The van der Waals surface area contributed by atoms with Gasteiger partial charge in [-0.2, -0.15) is 8.42 Å². The Kier molecular flexibility index (Phi) is 3.22. The fourth-order valence-electron chi connectivity index (χ4n) is 0.758. The molecule has 2 radical (unpaired) electrons. The lowest BCUT2D eigenvalue weighted by atomic mass is 10.2. The van der Waals surface area contributed by atoms with Crippen LogP contribution in [0.2, 0.25) is 0 Å². The van der Waals surface area contributed by atoms with Gasteiger partial charge in [-0.25, -0.2) is 0 Å². The third kappa shape index (κ3) is 3.40. The maximum absolute atomic E-state index is 10.7. The summed E-state index contributed by atoms with van der Waals surface area (Å²) in [5.74, 6) is 0. The van der Waals surface area contributed by atoms with Gasteiger partial charge in [0.25, 0.3) is 10.1 Å². The molecule has 0 aliphatic rings. The Hall–Kier alpha value is -1.13. The zero-order valence-corrected chi connectivity index (χ0v) is 7.57. The molecule has 0 saturated carbocycles. The predicted octanol–water partition coefficient (Wildman–Crippen LogP) is 1.67. The molecule has 0 aliphatic carbocycles. The molecule has 3 nitrogen and oxygen atoms in total. The second-order valence-corrected chi connectivity index (χ2v) is 3.75. The van der Waals surface area contributed by atoms with Crippen LogP contribution >= 0.6 is 0 Å². The maximum atomic E-state index is 10.7. The summed E-state index contributed by atoms with van der Waals surface area (Å²) >= 11 is 0. The van der Waals surface area contributed by atoms with Crippen molar-refractivity contribution in [2.24, 2.45) is 0 Å². The summed E-state index contributed by atoms with van der Waals surface area (Å²) in [5, 5.41) is 0.905. The molecule has 68 valence electrons. The van der Waals surface area contributed by atoms with Crippen molar-refractivity contribution in [1.82, 2.24) is 0 Å². The van der Waals surface area contributed by atoms with Crippen molar-refractivity contribution in [1.29, 1.82) is 0 Å². The average molecular weight is 196 g/mol. The molecule has 0 spiro atoms. The van der Waals surface area contributed by atoms with Gasteiger partial charge in [0.2, 0.25) is 0 Å². The van der Waals surface area contributed by atoms with Crippen LogP contribution in [-0.2, 0) is 14.3 Å². The summed E-state index contributed by atoms with van der Waals surface area (Å²) in [4.78, 5) is 0. The molecular weight excluding hydrogens is 188 g/mol. The van der Waals surface area contributed by atoms with Crippen LogP contribution in [0.25, 0.3) is 6.08 Å². The second kappa shape index (κ2) is 4.20. The third-order valence-corrected chi connectivity index (χ3v) is 2.10. The molecule has 0 unspecified atom stereocenters. The summed E-state index contributed by atoms with van der Waals surface area (Å²) < 4.78 is 25.2. The van der Waals surface area contributed by atoms with Crippen LogP contribution in [0.5, 0.6) is 0 Å². The molecule has 0 heterocycles. The van der Waals surface area contributed by atoms with Gasteiger partial charge in [0, 0.05) is 0 Å². The average Bonchev–Trinajstić information content (AvgIpc) is 2.17. The van der Waals surface area contributed by atoms with Crippen LogP contribution in [0.15, 0.2) is 35.7 Å². The molecule has 0 atom stereocenters. The Labute approximate surface area is 77.8 Å². The number of rotatable bonds is 3. The zero-order valence-electron chi connectivity index (χ0n) is 6.75. The Bertz CT molecular complexity index is 379. The molecule has 4 heteroatoms. The zero-order chi connectivity index (χ0) is 9.73. The van der Waals surface area contributed by atoms with E-state index in [0.29, 0.717) is 0 Å². The largest absolute Gasteiger partial charge is 0.290 e. The third-order valence-electron chi connectivity index (χ3n) is 1.36. The first-order valence-corrected chi connectivity index (χ1v) is 4.98. The molecule has 1 aromatic rings. The number of hydrogen-bond acceptors (Lipinski definition) is 3. The quantitative estimate of drug-likeness (QED) is 0.691. The van der Waals surface area contributed by atoms with Gasteiger partial charge < -0.3 is 0 Å². The molecule has 0 aromatic heterocycles. The second-order valence-electron chi connectivity index (χ2n) is 2.30. The van der Waals surface area contributed by atoms with E-state index in [1.54, 1.807) is 24.3 Å². The van der Waals surface area contributed by atoms with Gasteiger partial charge in [0.05, 0.1) is 5.41 Å². The van der Waals surface area contributed by atoms with Crippen LogP contribution in [0.1, 0.15) is 5.56 Å². The molecule has 0 amide bonds. The Morgan fingerprint density at radius 3 is 2.38 bits per heavy atom. The van der Waals surface area contributed by atoms with E-state index in [-0.39, 0.29) is 0 Å². The van der Waals surface area contributed by atoms with Crippen LogP contribution in [-0.4, -0.2) is 8.42 Å². The van der Waals surface area contributed by atoms with E-state index in [4.69, 9.17) is 0 Å². The molecule has 0 bridgehead atoms. The van der Waals surface area contributed by atoms with Gasteiger partial charge in [-0.15, -0.1) is 0 Å². The van der Waals surface area contributed by atoms with Crippen molar-refractivity contribution in [3.63, 3.8) is 0 Å². The van der Waals surface area contributed by atoms with E-state index in [0.717, 1.165) is 11.0 Å². The summed E-state index contributed by atoms with van der Waals surface area (Å²) in [7, 11) is 0.811. The van der Waals surface area contributed by atoms with Crippen molar-refractivity contribution < 1.29 is 12.6 Å². The van der Waals surface area contributed by atoms with Gasteiger partial charge in [-0.1, -0.05) is 30.3 Å². The highest BCUT2D eigenvalue weighted by Crippen LogP contribution is 2.03. The summed E-state index contributed by atoms with van der Waals surface area (Å²) in [6.07, 6.45) is 1.40. The highest BCUT2D eigenvalue weighted by atomic mass is 32.2. The highest BCUT2D eigenvalue weighted by Gasteiger charge is 2.00. The number of hydrogen-bond donors (Lipinski definition) is 0. The van der Waals surface area contributed by atoms with Crippen molar-refractivity contribution in [2.45, 2.75) is 0 Å². The Morgan fingerprint density at radius 2 is 1.85 bits per heavy atom. The van der Waals surface area contributed by atoms with Gasteiger partial charge in [-0.05, 0) is 11.6 Å². The molecule has 0 N–H and O–H groups in total. The predicted molar refractivity (Wildman–Crippen MR) is 49.8 cm³/mol. The smallest absolute Gasteiger partial charge is 0.258 e. The summed E-state index contributed by atoms with van der Waals surface area (Å²) in [6, 6.07) is 8.97. The van der Waals surface area contributed by atoms with Gasteiger partial charge >= 0.3 is 0 Å². The molecule has 1 rings (SSSR count). The lowest BCUT2D eigenvalue weighted by molar-refractivity contribution is 0.448. The lowest BCUT2D eigenvalue weighted by Gasteiger charge is -1.92. The van der Waals surface area contributed by atoms with E-state index in [2.05, 4.69) is 11.3 Å². The molecular formula is C9H8O3S. The first kappa shape index (κ1) is 9.95. The van der Waals surface area contributed by atoms with E-state index in [9.17, 15) is 8.42 Å². The van der Waals surface area contributed by atoms with Crippen molar-refractivity contribution >= 4 is 16.2 Å². The molecule has 0 aliphatic heterocycles. The standard InChI is InChI=1S/C9H8O3S/c1-12-13(10,11)8-7-9-5-3-2-4-6-9/h1-8H/b8-7+. The van der Waals surface area contributed by atoms with E-state index in [1.165, 1.54) is 6.08 Å². The van der Waals surface area contributed by atoms with E-state index >= 15 is 0 Å². The van der Waals surface area contributed by atoms with E-state index in [1.807, 2.05) is 6.07 Å².